The van der Waals surface area contributed by atoms with E-state index in [0.717, 1.165) is 37.4 Å². The number of fused-ring (bicyclic) bond motifs is 1. The number of carbonyl (C=O) groups excluding carboxylic acids is 2. The molecule has 0 aliphatic carbocycles. The number of benzene rings is 1. The summed E-state index contributed by atoms with van der Waals surface area (Å²) in [6.07, 6.45) is 4.12. The van der Waals surface area contributed by atoms with Crippen LogP contribution >= 0.6 is 11.8 Å². The number of carbonyl (C=O) groups is 2. The molecule has 0 unspecified atom stereocenters. The molecule has 2 rings (SSSR count). The summed E-state index contributed by atoms with van der Waals surface area (Å²) < 4.78 is 1.61. The van der Waals surface area contributed by atoms with Crippen molar-refractivity contribution in [3.8, 4) is 0 Å². The van der Waals surface area contributed by atoms with Gasteiger partial charge in [-0.25, -0.2) is 9.78 Å². The Morgan fingerprint density at radius 3 is 2.72 bits per heavy atom. The second-order valence-corrected chi connectivity index (χ2v) is 6.57. The van der Waals surface area contributed by atoms with E-state index in [1.165, 1.54) is 0 Å². The minimum Gasteiger partial charge on any atom is -0.351 e. The first-order chi connectivity index (χ1) is 12.0. The highest BCUT2D eigenvalue weighted by molar-refractivity contribution is 7.99. The normalized spacial score (nSPS) is 10.8. The first kappa shape index (κ1) is 19.0. The van der Waals surface area contributed by atoms with Gasteiger partial charge in [0.2, 0.25) is 5.91 Å². The van der Waals surface area contributed by atoms with Crippen molar-refractivity contribution >= 4 is 34.6 Å². The highest BCUT2D eigenvalue weighted by atomic mass is 32.2. The molecule has 1 heterocycles. The number of nitrogens with two attached hydrogens (primary N) is 1. The fourth-order valence-corrected chi connectivity index (χ4v) is 3.28. The van der Waals surface area contributed by atoms with Crippen LogP contribution in [0.15, 0.2) is 34.2 Å². The minimum absolute atomic E-state index is 0.0390. The number of nitrogens with zero attached hydrogens (tertiary/aromatic N) is 2. The molecule has 0 saturated heterocycles. The Kier molecular flexibility index (Phi) is 7.00. The molecule has 0 radical (unpaired) electrons. The predicted molar refractivity (Wildman–Crippen MR) is 98.6 cm³/mol. The zero-order valence-electron chi connectivity index (χ0n) is 14.2. The lowest BCUT2D eigenvalue weighted by molar-refractivity contribution is -0.117. The number of aromatic nitrogens is 2. The van der Waals surface area contributed by atoms with E-state index in [-0.39, 0.29) is 11.3 Å². The number of amides is 3. The third-order valence-electron chi connectivity index (χ3n) is 3.66. The quantitative estimate of drug-likeness (QED) is 0.425. The van der Waals surface area contributed by atoms with Crippen LogP contribution in [0.2, 0.25) is 0 Å². The molecule has 3 amide bonds. The van der Waals surface area contributed by atoms with Crippen LogP contribution in [0.4, 0.5) is 4.79 Å². The molecule has 8 heteroatoms. The SMILES string of the molecule is CCCCCCn1c(SCC(=O)NC(N)=O)nc2ccccc2c1=O. The van der Waals surface area contributed by atoms with Crippen molar-refractivity contribution in [1.82, 2.24) is 14.9 Å². The average Bonchev–Trinajstić information content (AvgIpc) is 2.58. The summed E-state index contributed by atoms with van der Waals surface area (Å²) in [7, 11) is 0. The van der Waals surface area contributed by atoms with Gasteiger partial charge >= 0.3 is 6.03 Å². The summed E-state index contributed by atoms with van der Waals surface area (Å²) in [5, 5.41) is 3.04. The molecule has 0 saturated carbocycles. The van der Waals surface area contributed by atoms with Crippen LogP contribution in [-0.2, 0) is 11.3 Å². The molecular formula is C17H22N4O3S. The van der Waals surface area contributed by atoms with E-state index in [1.807, 2.05) is 11.4 Å². The summed E-state index contributed by atoms with van der Waals surface area (Å²) in [5.74, 6) is -0.555. The molecule has 25 heavy (non-hydrogen) atoms. The van der Waals surface area contributed by atoms with Crippen LogP contribution < -0.4 is 16.6 Å². The van der Waals surface area contributed by atoms with Crippen LogP contribution in [0.25, 0.3) is 10.9 Å². The molecule has 0 spiro atoms. The van der Waals surface area contributed by atoms with E-state index in [4.69, 9.17) is 5.73 Å². The topological polar surface area (TPSA) is 107 Å². The lowest BCUT2D eigenvalue weighted by atomic mass is 10.2. The Hall–Kier alpha value is -2.35. The fourth-order valence-electron chi connectivity index (χ4n) is 2.46. The van der Waals surface area contributed by atoms with Crippen LogP contribution in [-0.4, -0.2) is 27.2 Å². The number of para-hydroxylation sites is 1. The van der Waals surface area contributed by atoms with Gasteiger partial charge in [0, 0.05) is 6.54 Å². The second kappa shape index (κ2) is 9.22. The number of rotatable bonds is 8. The van der Waals surface area contributed by atoms with Gasteiger partial charge < -0.3 is 5.73 Å². The van der Waals surface area contributed by atoms with E-state index >= 15 is 0 Å². The first-order valence-corrected chi connectivity index (χ1v) is 9.23. The highest BCUT2D eigenvalue weighted by Gasteiger charge is 2.13. The average molecular weight is 362 g/mol. The van der Waals surface area contributed by atoms with Gasteiger partial charge in [-0.3, -0.25) is 19.5 Å². The van der Waals surface area contributed by atoms with Gasteiger partial charge in [-0.15, -0.1) is 0 Å². The Bertz CT molecular complexity index is 819. The smallest absolute Gasteiger partial charge is 0.318 e. The van der Waals surface area contributed by atoms with E-state index in [9.17, 15) is 14.4 Å². The maximum Gasteiger partial charge on any atom is 0.318 e. The zero-order chi connectivity index (χ0) is 18.2. The summed E-state index contributed by atoms with van der Waals surface area (Å²) >= 11 is 1.12. The van der Waals surface area contributed by atoms with Crippen molar-refractivity contribution in [2.75, 3.05) is 5.75 Å². The maximum absolute atomic E-state index is 12.8. The first-order valence-electron chi connectivity index (χ1n) is 8.24. The molecule has 1 aromatic heterocycles. The van der Waals surface area contributed by atoms with Crippen molar-refractivity contribution < 1.29 is 9.59 Å². The molecule has 1 aromatic carbocycles. The molecule has 0 aliphatic rings. The Labute approximate surface area is 150 Å². The van der Waals surface area contributed by atoms with Gasteiger partial charge in [0.1, 0.15) is 0 Å². The van der Waals surface area contributed by atoms with Gasteiger partial charge in [0.05, 0.1) is 16.7 Å². The number of thioether (sulfide) groups is 1. The van der Waals surface area contributed by atoms with E-state index in [1.54, 1.807) is 22.8 Å². The van der Waals surface area contributed by atoms with Crippen LogP contribution in [0, 0.1) is 0 Å². The third-order valence-corrected chi connectivity index (χ3v) is 4.63. The van der Waals surface area contributed by atoms with Gasteiger partial charge in [-0.1, -0.05) is 50.1 Å². The number of imide groups is 1. The van der Waals surface area contributed by atoms with Crippen molar-refractivity contribution in [1.29, 1.82) is 0 Å². The van der Waals surface area contributed by atoms with E-state index in [0.29, 0.717) is 22.6 Å². The third kappa shape index (κ3) is 5.32. The molecule has 0 atom stereocenters. The Balaban J connectivity index is 2.26. The van der Waals surface area contributed by atoms with Gasteiger partial charge in [-0.2, -0.15) is 0 Å². The molecule has 3 N–H and O–H groups in total. The number of unbranched alkanes of at least 4 members (excludes halogenated alkanes) is 3. The van der Waals surface area contributed by atoms with Crippen molar-refractivity contribution in [2.24, 2.45) is 5.73 Å². The summed E-state index contributed by atoms with van der Waals surface area (Å²) in [4.78, 5) is 39.7. The van der Waals surface area contributed by atoms with Crippen LogP contribution in [0.5, 0.6) is 0 Å². The van der Waals surface area contributed by atoms with Crippen molar-refractivity contribution in [3.05, 3.63) is 34.6 Å². The number of hydrogen-bond donors (Lipinski definition) is 2. The number of urea groups is 1. The maximum atomic E-state index is 12.8. The van der Waals surface area contributed by atoms with Crippen LogP contribution in [0.3, 0.4) is 0 Å². The molecule has 0 aliphatic heterocycles. The van der Waals surface area contributed by atoms with Gasteiger partial charge in [0.25, 0.3) is 5.56 Å². The number of primary amides is 1. The molecule has 7 nitrogen and oxygen atoms in total. The lowest BCUT2D eigenvalue weighted by Gasteiger charge is -2.12. The van der Waals surface area contributed by atoms with Gasteiger partial charge in [0.15, 0.2) is 5.16 Å². The molecule has 2 aromatic rings. The largest absolute Gasteiger partial charge is 0.351 e. The second-order valence-electron chi connectivity index (χ2n) is 5.63. The van der Waals surface area contributed by atoms with E-state index < -0.39 is 11.9 Å². The lowest BCUT2D eigenvalue weighted by Crippen LogP contribution is -2.36. The Morgan fingerprint density at radius 2 is 2.00 bits per heavy atom. The van der Waals surface area contributed by atoms with Crippen molar-refractivity contribution in [2.45, 2.75) is 44.3 Å². The summed E-state index contributed by atoms with van der Waals surface area (Å²) in [6.45, 7) is 2.68. The van der Waals surface area contributed by atoms with Crippen LogP contribution in [0.1, 0.15) is 32.6 Å². The van der Waals surface area contributed by atoms with Gasteiger partial charge in [-0.05, 0) is 18.6 Å². The molecule has 0 fully saturated rings. The molecular weight excluding hydrogens is 340 g/mol. The molecule has 134 valence electrons. The number of nitrogens with one attached hydrogen (secondary N) is 1. The zero-order valence-corrected chi connectivity index (χ0v) is 15.0. The monoisotopic (exact) mass is 362 g/mol. The summed E-state index contributed by atoms with van der Waals surface area (Å²) in [5.41, 5.74) is 5.42. The van der Waals surface area contributed by atoms with E-state index in [2.05, 4.69) is 11.9 Å². The number of hydrogen-bond acceptors (Lipinski definition) is 5. The van der Waals surface area contributed by atoms with Crippen molar-refractivity contribution in [3.63, 3.8) is 0 Å². The molecule has 0 bridgehead atoms. The highest BCUT2D eigenvalue weighted by Crippen LogP contribution is 2.18. The Morgan fingerprint density at radius 1 is 1.24 bits per heavy atom. The minimum atomic E-state index is -0.894. The standard InChI is InChI=1S/C17H22N4O3S/c1-2-3-4-7-10-21-15(23)12-8-5-6-9-13(12)19-17(21)25-11-14(22)20-16(18)24/h5-6,8-9H,2-4,7,10-11H2,1H3,(H3,18,20,22,24). The predicted octanol–water partition coefficient (Wildman–Crippen LogP) is 2.26. The summed E-state index contributed by atoms with van der Waals surface area (Å²) in [6, 6.07) is 6.25. The fraction of sp³-hybridized carbons (Fsp3) is 0.412.